The van der Waals surface area contributed by atoms with Gasteiger partial charge in [0.15, 0.2) is 11.4 Å². The van der Waals surface area contributed by atoms with E-state index in [1.807, 2.05) is 6.07 Å². The Morgan fingerprint density at radius 1 is 1.43 bits per heavy atom. The lowest BCUT2D eigenvalue weighted by Gasteiger charge is -2.05. The summed E-state index contributed by atoms with van der Waals surface area (Å²) in [7, 11) is 0. The van der Waals surface area contributed by atoms with Crippen LogP contribution in [0, 0.1) is 11.3 Å². The van der Waals surface area contributed by atoms with Gasteiger partial charge in [0.05, 0.1) is 25.3 Å². The molecule has 0 atom stereocenters. The van der Waals surface area contributed by atoms with Crippen LogP contribution < -0.4 is 5.32 Å². The molecule has 0 saturated carbocycles. The SMILES string of the molecule is CCOC(=O)c1cn(CCNc2cnc(C#N)cn2)cn1. The van der Waals surface area contributed by atoms with Gasteiger partial charge in [-0.1, -0.05) is 0 Å². The molecule has 0 unspecified atom stereocenters. The highest BCUT2D eigenvalue weighted by molar-refractivity contribution is 5.86. The fourth-order valence-corrected chi connectivity index (χ4v) is 1.58. The predicted molar refractivity (Wildman–Crippen MR) is 73.4 cm³/mol. The van der Waals surface area contributed by atoms with Crippen molar-refractivity contribution in [3.8, 4) is 6.07 Å². The van der Waals surface area contributed by atoms with Gasteiger partial charge in [0.25, 0.3) is 0 Å². The summed E-state index contributed by atoms with van der Waals surface area (Å²) in [6.07, 6.45) is 6.09. The molecule has 1 N–H and O–H groups in total. The lowest BCUT2D eigenvalue weighted by Crippen LogP contribution is -2.10. The first-order valence-corrected chi connectivity index (χ1v) is 6.38. The zero-order valence-corrected chi connectivity index (χ0v) is 11.5. The van der Waals surface area contributed by atoms with Crippen molar-refractivity contribution in [1.29, 1.82) is 5.26 Å². The molecule has 2 rings (SSSR count). The Bertz CT molecular complexity index is 643. The molecule has 108 valence electrons. The number of hydrogen-bond acceptors (Lipinski definition) is 7. The van der Waals surface area contributed by atoms with E-state index >= 15 is 0 Å². The molecule has 0 radical (unpaired) electrons. The molecular formula is C13H14N6O2. The fourth-order valence-electron chi connectivity index (χ4n) is 1.58. The molecule has 0 fully saturated rings. The number of nitrogens with zero attached hydrogens (tertiary/aromatic N) is 5. The lowest BCUT2D eigenvalue weighted by atomic mass is 10.5. The van der Waals surface area contributed by atoms with Gasteiger partial charge in [0.2, 0.25) is 0 Å². The second-order valence-corrected chi connectivity index (χ2v) is 4.04. The molecule has 21 heavy (non-hydrogen) atoms. The van der Waals surface area contributed by atoms with Gasteiger partial charge in [-0.25, -0.2) is 19.7 Å². The predicted octanol–water partition coefficient (Wildman–Crippen LogP) is 0.834. The molecule has 0 aromatic carbocycles. The zero-order chi connectivity index (χ0) is 15.1. The standard InChI is InChI=1S/C13H14N6O2/c1-2-21-13(20)11-8-19(9-18-11)4-3-15-12-7-16-10(5-14)6-17-12/h6-9H,2-4H2,1H3,(H,15,17). The van der Waals surface area contributed by atoms with Crippen LogP contribution in [0.25, 0.3) is 0 Å². The van der Waals surface area contributed by atoms with Crippen LogP contribution in [0.4, 0.5) is 5.82 Å². The van der Waals surface area contributed by atoms with Crippen molar-refractivity contribution in [2.75, 3.05) is 18.5 Å². The van der Waals surface area contributed by atoms with Crippen LogP contribution in [0.5, 0.6) is 0 Å². The topological polar surface area (TPSA) is 106 Å². The van der Waals surface area contributed by atoms with Crippen molar-refractivity contribution in [1.82, 2.24) is 19.5 Å². The quantitative estimate of drug-likeness (QED) is 0.784. The van der Waals surface area contributed by atoms with Gasteiger partial charge in [-0.15, -0.1) is 0 Å². The monoisotopic (exact) mass is 286 g/mol. The molecular weight excluding hydrogens is 272 g/mol. The zero-order valence-electron chi connectivity index (χ0n) is 11.5. The van der Waals surface area contributed by atoms with E-state index in [1.165, 1.54) is 12.4 Å². The Morgan fingerprint density at radius 2 is 2.29 bits per heavy atom. The molecule has 2 aromatic rings. The second kappa shape index (κ2) is 7.00. The molecule has 0 aliphatic carbocycles. The van der Waals surface area contributed by atoms with E-state index in [1.54, 1.807) is 24.0 Å². The van der Waals surface area contributed by atoms with E-state index < -0.39 is 5.97 Å². The molecule has 0 bridgehead atoms. The highest BCUT2D eigenvalue weighted by atomic mass is 16.5. The minimum atomic E-state index is -0.429. The smallest absolute Gasteiger partial charge is 0.358 e. The molecule has 8 heteroatoms. The summed E-state index contributed by atoms with van der Waals surface area (Å²) in [6.45, 7) is 3.26. The van der Waals surface area contributed by atoms with Crippen LogP contribution in [0.2, 0.25) is 0 Å². The molecule has 2 aromatic heterocycles. The molecule has 0 spiro atoms. The van der Waals surface area contributed by atoms with Crippen molar-refractivity contribution < 1.29 is 9.53 Å². The van der Waals surface area contributed by atoms with E-state index in [0.29, 0.717) is 25.5 Å². The van der Waals surface area contributed by atoms with Crippen LogP contribution in [-0.2, 0) is 11.3 Å². The molecule has 0 amide bonds. The Hall–Kier alpha value is -2.95. The Labute approximate surface area is 121 Å². The van der Waals surface area contributed by atoms with Crippen LogP contribution in [0.3, 0.4) is 0 Å². The van der Waals surface area contributed by atoms with Crippen molar-refractivity contribution in [2.45, 2.75) is 13.5 Å². The number of carbonyl (C=O) groups is 1. The second-order valence-electron chi connectivity index (χ2n) is 4.04. The summed E-state index contributed by atoms with van der Waals surface area (Å²) in [4.78, 5) is 23.4. The summed E-state index contributed by atoms with van der Waals surface area (Å²) in [6, 6.07) is 1.90. The average Bonchev–Trinajstić information content (AvgIpc) is 2.97. The van der Waals surface area contributed by atoms with Gasteiger partial charge in [-0.3, -0.25) is 0 Å². The van der Waals surface area contributed by atoms with Crippen LogP contribution >= 0.6 is 0 Å². The first kappa shape index (κ1) is 14.5. The van der Waals surface area contributed by atoms with Crippen molar-refractivity contribution in [3.63, 3.8) is 0 Å². The molecule has 0 saturated heterocycles. The van der Waals surface area contributed by atoms with Crippen molar-refractivity contribution in [2.24, 2.45) is 0 Å². The number of ether oxygens (including phenoxy) is 1. The van der Waals surface area contributed by atoms with Crippen molar-refractivity contribution >= 4 is 11.8 Å². The van der Waals surface area contributed by atoms with Gasteiger partial charge >= 0.3 is 5.97 Å². The van der Waals surface area contributed by atoms with Crippen LogP contribution in [-0.4, -0.2) is 38.6 Å². The third kappa shape index (κ3) is 4.01. The number of anilines is 1. The highest BCUT2D eigenvalue weighted by Crippen LogP contribution is 2.02. The largest absolute Gasteiger partial charge is 0.461 e. The number of carbonyl (C=O) groups excluding carboxylic acids is 1. The average molecular weight is 286 g/mol. The maximum Gasteiger partial charge on any atom is 0.358 e. The lowest BCUT2D eigenvalue weighted by molar-refractivity contribution is 0.0520. The van der Waals surface area contributed by atoms with E-state index in [2.05, 4.69) is 20.3 Å². The van der Waals surface area contributed by atoms with Crippen LogP contribution in [0.1, 0.15) is 23.1 Å². The summed E-state index contributed by atoms with van der Waals surface area (Å²) >= 11 is 0. The molecule has 0 aliphatic heterocycles. The van der Waals surface area contributed by atoms with Gasteiger partial charge in [0.1, 0.15) is 11.9 Å². The number of aromatic nitrogens is 4. The number of hydrogen-bond donors (Lipinski definition) is 1. The maximum absolute atomic E-state index is 11.5. The Balaban J connectivity index is 1.83. The minimum Gasteiger partial charge on any atom is -0.461 e. The first-order chi connectivity index (χ1) is 10.2. The van der Waals surface area contributed by atoms with E-state index in [0.717, 1.165) is 0 Å². The fraction of sp³-hybridized carbons (Fsp3) is 0.308. The summed E-state index contributed by atoms with van der Waals surface area (Å²) < 4.78 is 6.64. The van der Waals surface area contributed by atoms with E-state index in [4.69, 9.17) is 10.00 Å². The first-order valence-electron chi connectivity index (χ1n) is 6.38. The van der Waals surface area contributed by atoms with E-state index in [-0.39, 0.29) is 11.4 Å². The summed E-state index contributed by atoms with van der Waals surface area (Å²) in [5.74, 6) is 0.155. The van der Waals surface area contributed by atoms with Gasteiger partial charge in [0, 0.05) is 19.3 Å². The van der Waals surface area contributed by atoms with Crippen molar-refractivity contribution in [3.05, 3.63) is 36.3 Å². The number of nitriles is 1. The summed E-state index contributed by atoms with van der Waals surface area (Å²) in [5, 5.41) is 11.7. The van der Waals surface area contributed by atoms with Gasteiger partial charge in [-0.2, -0.15) is 5.26 Å². The third-order valence-electron chi connectivity index (χ3n) is 2.56. The van der Waals surface area contributed by atoms with Gasteiger partial charge in [-0.05, 0) is 6.92 Å². The maximum atomic E-state index is 11.5. The molecule has 0 aliphatic rings. The number of imidazole rings is 1. The Morgan fingerprint density at radius 3 is 2.95 bits per heavy atom. The van der Waals surface area contributed by atoms with E-state index in [9.17, 15) is 4.79 Å². The summed E-state index contributed by atoms with van der Waals surface area (Å²) in [5.41, 5.74) is 0.559. The van der Waals surface area contributed by atoms with Crippen LogP contribution in [0.15, 0.2) is 24.9 Å². The normalized spacial score (nSPS) is 9.90. The number of esters is 1. The molecule has 2 heterocycles. The number of rotatable bonds is 6. The third-order valence-corrected chi connectivity index (χ3v) is 2.56. The Kier molecular flexibility index (Phi) is 4.82. The number of nitrogens with one attached hydrogen (secondary N) is 1. The molecule has 8 nitrogen and oxygen atoms in total. The van der Waals surface area contributed by atoms with Gasteiger partial charge < -0.3 is 14.6 Å². The highest BCUT2D eigenvalue weighted by Gasteiger charge is 2.09. The minimum absolute atomic E-state index is 0.272.